The molecule has 0 atom stereocenters. The minimum absolute atomic E-state index is 0.0910. The maximum absolute atomic E-state index is 11.1. The van der Waals surface area contributed by atoms with Crippen LogP contribution in [0.25, 0.3) is 0 Å². The number of benzene rings is 1. The molecule has 0 saturated heterocycles. The number of pyridine rings is 1. The van der Waals surface area contributed by atoms with E-state index in [4.69, 9.17) is 15.6 Å². The molecule has 0 spiro atoms. The fraction of sp³-hybridized carbons (Fsp3) is 0.0588. The average molecular weight is 319 g/mol. The van der Waals surface area contributed by atoms with E-state index in [0.717, 1.165) is 5.56 Å². The molecule has 0 aliphatic heterocycles. The van der Waals surface area contributed by atoms with Crippen molar-refractivity contribution < 1.29 is 9.90 Å². The molecule has 2 aromatic rings. The van der Waals surface area contributed by atoms with Gasteiger partial charge < -0.3 is 15.7 Å². The van der Waals surface area contributed by atoms with E-state index in [1.165, 1.54) is 18.3 Å². The molecular formula is C17H13N5O2. The number of anilines is 2. The van der Waals surface area contributed by atoms with Crippen molar-refractivity contribution in [3.05, 3.63) is 65.6 Å². The van der Waals surface area contributed by atoms with Gasteiger partial charge in [-0.25, -0.2) is 4.79 Å². The summed E-state index contributed by atoms with van der Waals surface area (Å²) in [7, 11) is 0. The third-order valence-corrected chi connectivity index (χ3v) is 3.09. The van der Waals surface area contributed by atoms with Gasteiger partial charge in [-0.15, -0.1) is 0 Å². The monoisotopic (exact) mass is 319 g/mol. The maximum Gasteiger partial charge on any atom is 0.335 e. The number of nitriles is 2. The van der Waals surface area contributed by atoms with Gasteiger partial charge >= 0.3 is 5.97 Å². The SMILES string of the molecule is N#CC(C#N)=CNc1cc(C(=O)O)ccc1NCc1cccnc1. The van der Waals surface area contributed by atoms with Crippen molar-refractivity contribution in [3.8, 4) is 12.1 Å². The van der Waals surface area contributed by atoms with Crippen molar-refractivity contribution in [1.82, 2.24) is 4.98 Å². The fourth-order valence-electron chi connectivity index (χ4n) is 1.89. The van der Waals surface area contributed by atoms with Crippen LogP contribution in [0.4, 0.5) is 11.4 Å². The number of aromatic nitrogens is 1. The zero-order chi connectivity index (χ0) is 17.4. The van der Waals surface area contributed by atoms with Crippen LogP contribution < -0.4 is 10.6 Å². The Morgan fingerprint density at radius 1 is 1.25 bits per heavy atom. The van der Waals surface area contributed by atoms with Crippen molar-refractivity contribution in [2.24, 2.45) is 0 Å². The van der Waals surface area contributed by atoms with E-state index in [2.05, 4.69) is 15.6 Å². The van der Waals surface area contributed by atoms with E-state index < -0.39 is 5.97 Å². The van der Waals surface area contributed by atoms with Crippen molar-refractivity contribution >= 4 is 17.3 Å². The molecule has 7 heteroatoms. The van der Waals surface area contributed by atoms with E-state index in [1.54, 1.807) is 30.6 Å². The van der Waals surface area contributed by atoms with Crippen LogP contribution in [-0.4, -0.2) is 16.1 Å². The summed E-state index contributed by atoms with van der Waals surface area (Å²) >= 11 is 0. The summed E-state index contributed by atoms with van der Waals surface area (Å²) in [6, 6.07) is 11.7. The molecule has 118 valence electrons. The maximum atomic E-state index is 11.1. The van der Waals surface area contributed by atoms with E-state index in [1.807, 2.05) is 12.1 Å². The van der Waals surface area contributed by atoms with Gasteiger partial charge in [0.25, 0.3) is 0 Å². The van der Waals surface area contributed by atoms with Crippen LogP contribution in [0.2, 0.25) is 0 Å². The first kappa shape index (κ1) is 16.5. The highest BCUT2D eigenvalue weighted by molar-refractivity contribution is 5.91. The van der Waals surface area contributed by atoms with Gasteiger partial charge in [0, 0.05) is 25.1 Å². The topological polar surface area (TPSA) is 122 Å². The van der Waals surface area contributed by atoms with Crippen molar-refractivity contribution in [1.29, 1.82) is 10.5 Å². The molecule has 0 aliphatic rings. The normalized spacial score (nSPS) is 9.25. The molecule has 0 amide bonds. The molecule has 0 aliphatic carbocycles. The fourth-order valence-corrected chi connectivity index (χ4v) is 1.89. The lowest BCUT2D eigenvalue weighted by Crippen LogP contribution is -2.05. The summed E-state index contributed by atoms with van der Waals surface area (Å²) in [4.78, 5) is 15.1. The number of carbonyl (C=O) groups is 1. The van der Waals surface area contributed by atoms with Crippen LogP contribution in [-0.2, 0) is 6.54 Å². The van der Waals surface area contributed by atoms with Crippen LogP contribution in [0.1, 0.15) is 15.9 Å². The molecule has 0 fully saturated rings. The largest absolute Gasteiger partial charge is 0.478 e. The minimum atomic E-state index is -1.07. The molecule has 0 radical (unpaired) electrons. The zero-order valence-corrected chi connectivity index (χ0v) is 12.5. The average Bonchev–Trinajstić information content (AvgIpc) is 2.62. The number of aromatic carboxylic acids is 1. The third kappa shape index (κ3) is 4.33. The van der Waals surface area contributed by atoms with Crippen LogP contribution in [0.15, 0.2) is 54.5 Å². The molecule has 0 unspecified atom stereocenters. The Hall–Kier alpha value is -3.84. The smallest absolute Gasteiger partial charge is 0.335 e. The number of nitrogens with zero attached hydrogens (tertiary/aromatic N) is 3. The molecule has 7 nitrogen and oxygen atoms in total. The number of hydrogen-bond donors (Lipinski definition) is 3. The first-order valence-electron chi connectivity index (χ1n) is 6.91. The van der Waals surface area contributed by atoms with Gasteiger partial charge in [0.05, 0.1) is 16.9 Å². The Labute approximate surface area is 138 Å². The van der Waals surface area contributed by atoms with Crippen molar-refractivity contribution in [2.45, 2.75) is 6.54 Å². The molecule has 1 heterocycles. The molecule has 0 bridgehead atoms. The highest BCUT2D eigenvalue weighted by Crippen LogP contribution is 2.24. The standard InChI is InChI=1S/C17H13N5O2/c18-7-13(8-19)11-22-16-6-14(17(23)24)3-4-15(16)21-10-12-2-1-5-20-9-12/h1-6,9,11,21-22H,10H2,(H,23,24). The Bertz CT molecular complexity index is 832. The molecule has 24 heavy (non-hydrogen) atoms. The molecule has 3 N–H and O–H groups in total. The van der Waals surface area contributed by atoms with Crippen LogP contribution in [0.3, 0.4) is 0 Å². The van der Waals surface area contributed by atoms with Crippen LogP contribution in [0.5, 0.6) is 0 Å². The Morgan fingerprint density at radius 2 is 2.04 bits per heavy atom. The molecule has 2 rings (SSSR count). The van der Waals surface area contributed by atoms with Crippen LogP contribution >= 0.6 is 0 Å². The minimum Gasteiger partial charge on any atom is -0.478 e. The predicted octanol–water partition coefficient (Wildman–Crippen LogP) is 2.73. The Kier molecular flexibility index (Phi) is 5.49. The lowest BCUT2D eigenvalue weighted by Gasteiger charge is -2.13. The van der Waals surface area contributed by atoms with Gasteiger partial charge in [0.1, 0.15) is 17.7 Å². The highest BCUT2D eigenvalue weighted by atomic mass is 16.4. The van der Waals surface area contributed by atoms with Crippen molar-refractivity contribution in [2.75, 3.05) is 10.6 Å². The Balaban J connectivity index is 2.26. The summed E-state index contributed by atoms with van der Waals surface area (Å²) in [5.74, 6) is -1.07. The van der Waals surface area contributed by atoms with E-state index in [9.17, 15) is 4.79 Å². The van der Waals surface area contributed by atoms with Gasteiger partial charge in [0.15, 0.2) is 0 Å². The van der Waals surface area contributed by atoms with E-state index in [-0.39, 0.29) is 11.1 Å². The summed E-state index contributed by atoms with van der Waals surface area (Å²) in [6.07, 6.45) is 4.62. The second kappa shape index (κ2) is 7.97. The van der Waals surface area contributed by atoms with E-state index >= 15 is 0 Å². The van der Waals surface area contributed by atoms with Crippen molar-refractivity contribution in [3.63, 3.8) is 0 Å². The lowest BCUT2D eigenvalue weighted by molar-refractivity contribution is 0.0697. The first-order valence-corrected chi connectivity index (χ1v) is 6.91. The number of hydrogen-bond acceptors (Lipinski definition) is 6. The van der Waals surface area contributed by atoms with E-state index in [0.29, 0.717) is 17.9 Å². The second-order valence-corrected chi connectivity index (χ2v) is 4.71. The second-order valence-electron chi connectivity index (χ2n) is 4.71. The number of allylic oxidation sites excluding steroid dienone is 1. The summed E-state index contributed by atoms with van der Waals surface area (Å²) in [6.45, 7) is 0.488. The summed E-state index contributed by atoms with van der Waals surface area (Å²) in [5.41, 5.74) is 2.01. The Morgan fingerprint density at radius 3 is 2.67 bits per heavy atom. The molecular weight excluding hydrogens is 306 g/mol. The van der Waals surface area contributed by atoms with Gasteiger partial charge in [0.2, 0.25) is 0 Å². The molecule has 0 saturated carbocycles. The summed E-state index contributed by atoms with van der Waals surface area (Å²) < 4.78 is 0. The molecule has 1 aromatic heterocycles. The third-order valence-electron chi connectivity index (χ3n) is 3.09. The number of carboxylic acids is 1. The predicted molar refractivity (Wildman–Crippen MR) is 87.9 cm³/mol. The lowest BCUT2D eigenvalue weighted by atomic mass is 10.1. The zero-order valence-electron chi connectivity index (χ0n) is 12.5. The highest BCUT2D eigenvalue weighted by Gasteiger charge is 2.08. The van der Waals surface area contributed by atoms with Gasteiger partial charge in [-0.2, -0.15) is 10.5 Å². The van der Waals surface area contributed by atoms with Gasteiger partial charge in [-0.3, -0.25) is 4.98 Å². The van der Waals surface area contributed by atoms with Gasteiger partial charge in [-0.05, 0) is 29.8 Å². The number of rotatable bonds is 6. The van der Waals surface area contributed by atoms with Crippen LogP contribution in [0, 0.1) is 22.7 Å². The quantitative estimate of drug-likeness (QED) is 0.700. The summed E-state index contributed by atoms with van der Waals surface area (Å²) in [5, 5.41) is 32.6. The molecule has 1 aromatic carbocycles. The van der Waals surface area contributed by atoms with Gasteiger partial charge in [-0.1, -0.05) is 6.07 Å². The first-order chi connectivity index (χ1) is 11.6. The number of carboxylic acid groups (broad SMARTS) is 1. The number of nitrogens with one attached hydrogen (secondary N) is 2.